The predicted molar refractivity (Wildman–Crippen MR) is 78.3 cm³/mol. The van der Waals surface area contributed by atoms with Gasteiger partial charge in [-0.15, -0.1) is 0 Å². The van der Waals surface area contributed by atoms with Crippen LogP contribution in [0.2, 0.25) is 0 Å². The highest BCUT2D eigenvalue weighted by molar-refractivity contribution is 6.08. The maximum Gasteiger partial charge on any atom is 0.257 e. The molecule has 0 fully saturated rings. The van der Waals surface area contributed by atoms with Gasteiger partial charge in [-0.1, -0.05) is 24.3 Å². The zero-order valence-corrected chi connectivity index (χ0v) is 11.6. The first-order chi connectivity index (χ1) is 9.63. The zero-order valence-electron chi connectivity index (χ0n) is 11.6. The van der Waals surface area contributed by atoms with E-state index in [4.69, 9.17) is 0 Å². The standard InChI is InChI=1S/C16H17NO3/c1-3-17(4-2)16(20)13-9-11-7-5-6-8-12(11)14(10-18)15(13)19/h5-10,19H,3-4H2,1-2H3. The first kappa shape index (κ1) is 14.1. The molecule has 0 radical (unpaired) electrons. The smallest absolute Gasteiger partial charge is 0.257 e. The molecule has 0 aromatic heterocycles. The fourth-order valence-electron chi connectivity index (χ4n) is 2.33. The molecule has 2 aromatic carbocycles. The molecular formula is C16H17NO3. The lowest BCUT2D eigenvalue weighted by Crippen LogP contribution is -2.30. The van der Waals surface area contributed by atoms with E-state index in [9.17, 15) is 14.7 Å². The Hall–Kier alpha value is -2.36. The van der Waals surface area contributed by atoms with E-state index in [2.05, 4.69) is 0 Å². The van der Waals surface area contributed by atoms with Gasteiger partial charge in [0.25, 0.3) is 5.91 Å². The molecule has 0 heterocycles. The minimum absolute atomic E-state index is 0.165. The molecule has 0 spiro atoms. The average Bonchev–Trinajstić information content (AvgIpc) is 2.47. The van der Waals surface area contributed by atoms with Crippen molar-refractivity contribution < 1.29 is 14.7 Å². The molecule has 0 saturated heterocycles. The number of amides is 1. The lowest BCUT2D eigenvalue weighted by atomic mass is 9.99. The SMILES string of the molecule is CCN(CC)C(=O)c1cc2ccccc2c(C=O)c1O. The van der Waals surface area contributed by atoms with Gasteiger partial charge in [0.1, 0.15) is 5.75 Å². The van der Waals surface area contributed by atoms with Gasteiger partial charge in [0.15, 0.2) is 6.29 Å². The van der Waals surface area contributed by atoms with Crippen LogP contribution in [-0.4, -0.2) is 35.3 Å². The average molecular weight is 271 g/mol. The van der Waals surface area contributed by atoms with Crippen molar-refractivity contribution in [3.63, 3.8) is 0 Å². The molecule has 2 rings (SSSR count). The molecule has 2 aromatic rings. The summed E-state index contributed by atoms with van der Waals surface area (Å²) in [4.78, 5) is 25.2. The topological polar surface area (TPSA) is 57.6 Å². The van der Waals surface area contributed by atoms with Crippen LogP contribution >= 0.6 is 0 Å². The van der Waals surface area contributed by atoms with Crippen molar-refractivity contribution in [2.45, 2.75) is 13.8 Å². The van der Waals surface area contributed by atoms with Crippen molar-refractivity contribution in [2.24, 2.45) is 0 Å². The number of phenolic OH excluding ortho intramolecular Hbond substituents is 1. The van der Waals surface area contributed by atoms with E-state index in [-0.39, 0.29) is 22.8 Å². The van der Waals surface area contributed by atoms with Gasteiger partial charge >= 0.3 is 0 Å². The van der Waals surface area contributed by atoms with Crippen molar-refractivity contribution in [1.29, 1.82) is 0 Å². The Morgan fingerprint density at radius 1 is 1.25 bits per heavy atom. The Labute approximate surface area is 117 Å². The number of phenols is 1. The third kappa shape index (κ3) is 2.25. The summed E-state index contributed by atoms with van der Waals surface area (Å²) < 4.78 is 0. The molecule has 0 bridgehead atoms. The van der Waals surface area contributed by atoms with Gasteiger partial charge in [0.2, 0.25) is 0 Å². The van der Waals surface area contributed by atoms with E-state index in [1.165, 1.54) is 0 Å². The molecule has 1 amide bonds. The molecule has 4 nitrogen and oxygen atoms in total. The molecule has 0 aliphatic heterocycles. The summed E-state index contributed by atoms with van der Waals surface area (Å²) in [5.41, 5.74) is 0.341. The molecule has 1 N–H and O–H groups in total. The quantitative estimate of drug-likeness (QED) is 0.870. The number of carbonyl (C=O) groups excluding carboxylic acids is 2. The minimum atomic E-state index is -0.263. The molecule has 104 valence electrons. The van der Waals surface area contributed by atoms with Crippen molar-refractivity contribution >= 4 is 23.0 Å². The minimum Gasteiger partial charge on any atom is -0.506 e. The van der Waals surface area contributed by atoms with Crippen LogP contribution in [0.15, 0.2) is 30.3 Å². The van der Waals surface area contributed by atoms with Crippen LogP contribution in [0.4, 0.5) is 0 Å². The summed E-state index contributed by atoms with van der Waals surface area (Å²) in [6, 6.07) is 8.84. The zero-order chi connectivity index (χ0) is 14.7. The molecule has 4 heteroatoms. The second kappa shape index (κ2) is 5.74. The number of fused-ring (bicyclic) bond motifs is 1. The lowest BCUT2D eigenvalue weighted by molar-refractivity contribution is 0.0770. The predicted octanol–water partition coefficient (Wildman–Crippen LogP) is 2.84. The normalized spacial score (nSPS) is 10.5. The third-order valence-corrected chi connectivity index (χ3v) is 3.46. The first-order valence-electron chi connectivity index (χ1n) is 6.63. The Balaban J connectivity index is 2.68. The van der Waals surface area contributed by atoms with E-state index in [1.807, 2.05) is 26.0 Å². The maximum atomic E-state index is 12.4. The van der Waals surface area contributed by atoms with Crippen LogP contribution in [-0.2, 0) is 0 Å². The number of carbonyl (C=O) groups is 2. The summed E-state index contributed by atoms with van der Waals surface area (Å²) >= 11 is 0. The molecule has 0 aliphatic carbocycles. The van der Waals surface area contributed by atoms with E-state index >= 15 is 0 Å². The van der Waals surface area contributed by atoms with Crippen molar-refractivity contribution in [3.8, 4) is 5.75 Å². The number of aldehydes is 1. The molecule has 0 aliphatic rings. The fourth-order valence-corrected chi connectivity index (χ4v) is 2.33. The van der Waals surface area contributed by atoms with Gasteiger partial charge in [-0.2, -0.15) is 0 Å². The second-order valence-electron chi connectivity index (χ2n) is 4.50. The summed E-state index contributed by atoms with van der Waals surface area (Å²) in [6.45, 7) is 4.86. The Morgan fingerprint density at radius 2 is 1.90 bits per heavy atom. The van der Waals surface area contributed by atoms with E-state index in [0.29, 0.717) is 24.8 Å². The molecular weight excluding hydrogens is 254 g/mol. The largest absolute Gasteiger partial charge is 0.506 e. The van der Waals surface area contributed by atoms with Crippen molar-refractivity contribution in [2.75, 3.05) is 13.1 Å². The van der Waals surface area contributed by atoms with Crippen molar-refractivity contribution in [1.82, 2.24) is 4.90 Å². The summed E-state index contributed by atoms with van der Waals surface area (Å²) in [5.74, 6) is -0.503. The van der Waals surface area contributed by atoms with E-state index in [0.717, 1.165) is 5.39 Å². The highest BCUT2D eigenvalue weighted by Gasteiger charge is 2.20. The first-order valence-corrected chi connectivity index (χ1v) is 6.63. The third-order valence-electron chi connectivity index (χ3n) is 3.46. The van der Waals surface area contributed by atoms with Gasteiger partial charge in [-0.25, -0.2) is 0 Å². The summed E-state index contributed by atoms with van der Waals surface area (Å²) in [7, 11) is 0. The number of hydrogen-bond acceptors (Lipinski definition) is 3. The summed E-state index contributed by atoms with van der Waals surface area (Å²) in [6.07, 6.45) is 0.594. The van der Waals surface area contributed by atoms with Gasteiger partial charge in [0.05, 0.1) is 11.1 Å². The second-order valence-corrected chi connectivity index (χ2v) is 4.50. The van der Waals surface area contributed by atoms with E-state index < -0.39 is 0 Å². The van der Waals surface area contributed by atoms with Gasteiger partial charge in [-0.3, -0.25) is 9.59 Å². The molecule has 0 unspecified atom stereocenters. The van der Waals surface area contributed by atoms with Crippen LogP contribution in [0.5, 0.6) is 5.75 Å². The van der Waals surface area contributed by atoms with Gasteiger partial charge < -0.3 is 10.0 Å². The van der Waals surface area contributed by atoms with Crippen LogP contribution in [0, 0.1) is 0 Å². The van der Waals surface area contributed by atoms with Gasteiger partial charge in [-0.05, 0) is 30.7 Å². The molecule has 20 heavy (non-hydrogen) atoms. The number of hydrogen-bond donors (Lipinski definition) is 1. The molecule has 0 saturated carbocycles. The highest BCUT2D eigenvalue weighted by Crippen LogP contribution is 2.30. The fraction of sp³-hybridized carbons (Fsp3) is 0.250. The number of rotatable bonds is 4. The Morgan fingerprint density at radius 3 is 2.50 bits per heavy atom. The number of aromatic hydroxyl groups is 1. The van der Waals surface area contributed by atoms with Crippen LogP contribution < -0.4 is 0 Å². The van der Waals surface area contributed by atoms with E-state index in [1.54, 1.807) is 23.1 Å². The van der Waals surface area contributed by atoms with Crippen LogP contribution in [0.3, 0.4) is 0 Å². The monoisotopic (exact) mass is 271 g/mol. The number of benzene rings is 2. The van der Waals surface area contributed by atoms with Crippen molar-refractivity contribution in [3.05, 3.63) is 41.5 Å². The summed E-state index contributed by atoms with van der Waals surface area (Å²) in [5, 5.41) is 11.6. The Bertz CT molecular complexity index is 660. The Kier molecular flexibility index (Phi) is 4.03. The number of nitrogens with zero attached hydrogens (tertiary/aromatic N) is 1. The van der Waals surface area contributed by atoms with Crippen LogP contribution in [0.25, 0.3) is 10.8 Å². The lowest BCUT2D eigenvalue weighted by Gasteiger charge is -2.20. The van der Waals surface area contributed by atoms with Gasteiger partial charge in [0, 0.05) is 13.1 Å². The highest BCUT2D eigenvalue weighted by atomic mass is 16.3. The maximum absolute atomic E-state index is 12.4. The van der Waals surface area contributed by atoms with Crippen LogP contribution in [0.1, 0.15) is 34.6 Å². The molecule has 0 atom stereocenters.